The molecule has 0 radical (unpaired) electrons. The zero-order valence-corrected chi connectivity index (χ0v) is 9.39. The minimum Gasteiger partial charge on any atom is -0.274 e. The fourth-order valence-corrected chi connectivity index (χ4v) is 5.23. The van der Waals surface area contributed by atoms with Crippen molar-refractivity contribution in [1.29, 1.82) is 0 Å². The molecule has 0 aromatic carbocycles. The summed E-state index contributed by atoms with van der Waals surface area (Å²) in [6.07, 6.45) is 9.09. The van der Waals surface area contributed by atoms with Gasteiger partial charge in [0.25, 0.3) is 0 Å². The molecule has 15 heavy (non-hydrogen) atoms. The lowest BCUT2D eigenvalue weighted by atomic mass is 9.49. The Morgan fingerprint density at radius 2 is 1.60 bits per heavy atom. The molecule has 4 saturated carbocycles. The van der Waals surface area contributed by atoms with Crippen LogP contribution in [0, 0.1) is 23.2 Å². The van der Waals surface area contributed by atoms with Gasteiger partial charge in [-0.05, 0) is 56.3 Å². The van der Waals surface area contributed by atoms with Crippen molar-refractivity contribution in [3.8, 4) is 0 Å². The van der Waals surface area contributed by atoms with Gasteiger partial charge in [-0.2, -0.15) is 0 Å². The van der Waals surface area contributed by atoms with Crippen LogP contribution in [0.1, 0.15) is 38.5 Å². The van der Waals surface area contributed by atoms with Crippen LogP contribution in [0.15, 0.2) is 0 Å². The standard InChI is InChI=1S/C13H20N2/c1-2-15-12(14-1)13-6-9-3-10(7-13)5-11(4-9)8-13/h9-11H,1-8H2,(H,14,15)/p+1. The molecule has 5 rings (SSSR count). The van der Waals surface area contributed by atoms with E-state index in [0.717, 1.165) is 30.8 Å². The highest BCUT2D eigenvalue weighted by Crippen LogP contribution is 2.59. The van der Waals surface area contributed by atoms with Gasteiger partial charge in [0, 0.05) is 0 Å². The van der Waals surface area contributed by atoms with Crippen LogP contribution in [-0.4, -0.2) is 18.9 Å². The number of hydrogen-bond acceptors (Lipinski definition) is 1. The smallest absolute Gasteiger partial charge is 0.249 e. The quantitative estimate of drug-likeness (QED) is 0.632. The van der Waals surface area contributed by atoms with E-state index in [4.69, 9.17) is 0 Å². The molecule has 1 heterocycles. The summed E-state index contributed by atoms with van der Waals surface area (Å²) in [5.74, 6) is 4.72. The van der Waals surface area contributed by atoms with Crippen LogP contribution in [0.4, 0.5) is 0 Å². The van der Waals surface area contributed by atoms with E-state index in [2.05, 4.69) is 10.3 Å². The molecule has 1 aliphatic heterocycles. The zero-order chi connectivity index (χ0) is 9.88. The van der Waals surface area contributed by atoms with E-state index in [9.17, 15) is 0 Å². The highest BCUT2D eigenvalue weighted by molar-refractivity contribution is 5.84. The lowest BCUT2D eigenvalue weighted by molar-refractivity contribution is -0.450. The van der Waals surface area contributed by atoms with E-state index in [0.29, 0.717) is 5.41 Å². The van der Waals surface area contributed by atoms with Gasteiger partial charge in [-0.3, -0.25) is 10.3 Å². The molecule has 0 unspecified atom stereocenters. The average Bonchev–Trinajstić information content (AvgIpc) is 2.67. The minimum absolute atomic E-state index is 0.575. The van der Waals surface area contributed by atoms with Crippen molar-refractivity contribution in [3.63, 3.8) is 0 Å². The predicted octanol–water partition coefficient (Wildman–Crippen LogP) is 0.285. The third-order valence-electron chi connectivity index (χ3n) is 5.30. The Morgan fingerprint density at radius 3 is 2.07 bits per heavy atom. The Labute approximate surface area is 91.5 Å². The summed E-state index contributed by atoms with van der Waals surface area (Å²) >= 11 is 0. The molecule has 0 spiro atoms. The van der Waals surface area contributed by atoms with Crippen LogP contribution in [0.25, 0.3) is 0 Å². The Bertz CT molecular complexity index is 283. The van der Waals surface area contributed by atoms with Gasteiger partial charge in [0.2, 0.25) is 5.84 Å². The van der Waals surface area contributed by atoms with Crippen LogP contribution in [0.2, 0.25) is 0 Å². The van der Waals surface area contributed by atoms with Crippen LogP contribution < -0.4 is 10.3 Å². The molecule has 5 aliphatic rings. The molecule has 2 nitrogen and oxygen atoms in total. The number of hydrogen-bond donors (Lipinski definition) is 2. The Kier molecular flexibility index (Phi) is 1.59. The Morgan fingerprint density at radius 1 is 1.00 bits per heavy atom. The third kappa shape index (κ3) is 1.14. The molecule has 2 N–H and O–H groups in total. The van der Waals surface area contributed by atoms with Gasteiger partial charge in [-0.1, -0.05) is 0 Å². The molecule has 0 saturated heterocycles. The average molecular weight is 205 g/mol. The largest absolute Gasteiger partial charge is 0.274 e. The Balaban J connectivity index is 1.71. The van der Waals surface area contributed by atoms with Crippen LogP contribution >= 0.6 is 0 Å². The SMILES string of the molecule is C1C[NH+]=C(C23CC4CC(CC(C4)C2)C3)N1. The van der Waals surface area contributed by atoms with E-state index in [-0.39, 0.29) is 0 Å². The molecule has 0 atom stereocenters. The van der Waals surface area contributed by atoms with Gasteiger partial charge in [0.05, 0.1) is 5.41 Å². The molecular weight excluding hydrogens is 184 g/mol. The first kappa shape index (κ1) is 8.60. The van der Waals surface area contributed by atoms with Crippen molar-refractivity contribution in [2.75, 3.05) is 13.1 Å². The summed E-state index contributed by atoms with van der Waals surface area (Å²) < 4.78 is 0. The molecule has 2 heteroatoms. The first-order valence-electron chi connectivity index (χ1n) is 6.69. The number of rotatable bonds is 1. The zero-order valence-electron chi connectivity index (χ0n) is 9.39. The fraction of sp³-hybridized carbons (Fsp3) is 0.923. The summed E-state index contributed by atoms with van der Waals surface area (Å²) in [5.41, 5.74) is 0.575. The molecule has 0 amide bonds. The molecule has 0 aromatic rings. The van der Waals surface area contributed by atoms with Crippen molar-refractivity contribution in [1.82, 2.24) is 5.32 Å². The molecule has 4 fully saturated rings. The monoisotopic (exact) mass is 205 g/mol. The first-order valence-corrected chi connectivity index (χ1v) is 6.69. The second-order valence-corrected chi connectivity index (χ2v) is 6.43. The summed E-state index contributed by atoms with van der Waals surface area (Å²) in [6.45, 7) is 2.30. The molecule has 82 valence electrons. The molecular formula is C13H21N2+. The van der Waals surface area contributed by atoms with Crippen molar-refractivity contribution < 1.29 is 4.99 Å². The molecule has 4 aliphatic carbocycles. The number of amidine groups is 1. The third-order valence-corrected chi connectivity index (χ3v) is 5.30. The molecule has 0 aromatic heterocycles. The first-order chi connectivity index (χ1) is 7.34. The van der Waals surface area contributed by atoms with Crippen LogP contribution in [0.3, 0.4) is 0 Å². The van der Waals surface area contributed by atoms with Crippen molar-refractivity contribution >= 4 is 5.84 Å². The van der Waals surface area contributed by atoms with Gasteiger partial charge < -0.3 is 0 Å². The lowest BCUT2D eigenvalue weighted by Gasteiger charge is -2.54. The van der Waals surface area contributed by atoms with Gasteiger partial charge in [-0.15, -0.1) is 0 Å². The summed E-state index contributed by atoms with van der Waals surface area (Å²) in [7, 11) is 0. The number of nitrogens with one attached hydrogen (secondary N) is 2. The maximum absolute atomic E-state index is 3.62. The van der Waals surface area contributed by atoms with E-state index in [1.165, 1.54) is 25.1 Å². The van der Waals surface area contributed by atoms with E-state index in [1.54, 1.807) is 19.3 Å². The van der Waals surface area contributed by atoms with Gasteiger partial charge in [0.1, 0.15) is 13.1 Å². The van der Waals surface area contributed by atoms with Crippen LogP contribution in [0.5, 0.6) is 0 Å². The minimum atomic E-state index is 0.575. The van der Waals surface area contributed by atoms with E-state index >= 15 is 0 Å². The van der Waals surface area contributed by atoms with E-state index in [1.807, 2.05) is 0 Å². The van der Waals surface area contributed by atoms with Crippen LogP contribution in [-0.2, 0) is 0 Å². The van der Waals surface area contributed by atoms with Crippen molar-refractivity contribution in [3.05, 3.63) is 0 Å². The Hall–Kier alpha value is -0.530. The highest BCUT2D eigenvalue weighted by atomic mass is 15.1. The summed E-state index contributed by atoms with van der Waals surface area (Å²) in [5, 5.41) is 3.62. The van der Waals surface area contributed by atoms with Gasteiger partial charge in [-0.25, -0.2) is 0 Å². The predicted molar refractivity (Wildman–Crippen MR) is 59.4 cm³/mol. The molecule has 4 bridgehead atoms. The topological polar surface area (TPSA) is 26.0 Å². The lowest BCUT2D eigenvalue weighted by Crippen LogP contribution is -2.75. The summed E-state index contributed by atoms with van der Waals surface area (Å²) in [4.78, 5) is 3.62. The van der Waals surface area contributed by atoms with E-state index < -0.39 is 0 Å². The second kappa shape index (κ2) is 2.78. The highest BCUT2D eigenvalue weighted by Gasteiger charge is 2.56. The van der Waals surface area contributed by atoms with Crippen molar-refractivity contribution in [2.45, 2.75) is 38.5 Å². The fourth-order valence-electron chi connectivity index (χ4n) is 5.23. The maximum atomic E-state index is 3.62. The normalized spacial score (nSPS) is 51.7. The van der Waals surface area contributed by atoms with Crippen molar-refractivity contribution in [2.24, 2.45) is 23.2 Å². The summed E-state index contributed by atoms with van der Waals surface area (Å²) in [6, 6.07) is 0. The second-order valence-electron chi connectivity index (χ2n) is 6.43. The maximum Gasteiger partial charge on any atom is 0.249 e. The van der Waals surface area contributed by atoms with Gasteiger partial charge >= 0.3 is 0 Å². The van der Waals surface area contributed by atoms with Gasteiger partial charge in [0.15, 0.2) is 0 Å².